The number of hydrogen-bond donors (Lipinski definition) is 0. The molecule has 0 radical (unpaired) electrons. The van der Waals surface area contributed by atoms with Gasteiger partial charge in [0.25, 0.3) is 11.8 Å². The molecule has 0 spiro atoms. The Hall–Kier alpha value is -2.41. The van der Waals surface area contributed by atoms with Crippen LogP contribution in [0.4, 0.5) is 23.2 Å². The van der Waals surface area contributed by atoms with Crippen LogP contribution in [0.5, 0.6) is 0 Å². The molecule has 1 aliphatic heterocycles. The SMILES string of the molecule is O=C1c2c(F)c(F)c(F)c(F)c2C(=O)N1c1ccccc1Cl. The number of fused-ring (bicyclic) bond motifs is 1. The molecule has 0 aromatic heterocycles. The third kappa shape index (κ3) is 1.75. The monoisotopic (exact) mass is 329 g/mol. The highest BCUT2D eigenvalue weighted by Gasteiger charge is 2.45. The van der Waals surface area contributed by atoms with Gasteiger partial charge in [0.15, 0.2) is 23.3 Å². The number of benzene rings is 2. The van der Waals surface area contributed by atoms with Crippen molar-refractivity contribution in [1.29, 1.82) is 0 Å². The zero-order valence-corrected chi connectivity index (χ0v) is 11.2. The van der Waals surface area contributed by atoms with Crippen LogP contribution in [-0.2, 0) is 0 Å². The Bertz CT molecular complexity index is 806. The number of carbonyl (C=O) groups is 2. The molecular formula is C14H4ClF4NO2. The summed E-state index contributed by atoms with van der Waals surface area (Å²) in [5, 5.41) is -0.0428. The Morgan fingerprint density at radius 3 is 1.68 bits per heavy atom. The number of amides is 2. The number of halogens is 5. The molecule has 2 aromatic carbocycles. The first kappa shape index (κ1) is 14.5. The smallest absolute Gasteiger partial charge is 0.268 e. The van der Waals surface area contributed by atoms with Crippen LogP contribution in [0.15, 0.2) is 24.3 Å². The van der Waals surface area contributed by atoms with Gasteiger partial charge in [-0.2, -0.15) is 0 Å². The van der Waals surface area contributed by atoms with E-state index in [1.54, 1.807) is 0 Å². The quantitative estimate of drug-likeness (QED) is 0.346. The predicted octanol–water partition coefficient (Wildman–Crippen LogP) is 3.70. The number of nitrogens with zero attached hydrogens (tertiary/aromatic N) is 1. The van der Waals surface area contributed by atoms with Gasteiger partial charge in [-0.3, -0.25) is 9.59 Å². The summed E-state index contributed by atoms with van der Waals surface area (Å²) >= 11 is 5.84. The Labute approximate surface area is 125 Å². The number of hydrogen-bond acceptors (Lipinski definition) is 2. The highest BCUT2D eigenvalue weighted by atomic mass is 35.5. The molecular weight excluding hydrogens is 326 g/mol. The third-order valence-electron chi connectivity index (χ3n) is 3.19. The molecule has 0 N–H and O–H groups in total. The summed E-state index contributed by atoms with van der Waals surface area (Å²) < 4.78 is 54.0. The summed E-state index contributed by atoms with van der Waals surface area (Å²) in [5.41, 5.74) is -2.45. The van der Waals surface area contributed by atoms with Crippen molar-refractivity contribution < 1.29 is 27.2 Å². The van der Waals surface area contributed by atoms with E-state index in [4.69, 9.17) is 11.6 Å². The van der Waals surface area contributed by atoms with Crippen molar-refractivity contribution >= 4 is 29.1 Å². The van der Waals surface area contributed by atoms with Gasteiger partial charge in [-0.15, -0.1) is 0 Å². The van der Waals surface area contributed by atoms with E-state index in [1.165, 1.54) is 24.3 Å². The van der Waals surface area contributed by atoms with E-state index in [0.29, 0.717) is 4.90 Å². The summed E-state index contributed by atoms with van der Waals surface area (Å²) in [4.78, 5) is 24.7. The van der Waals surface area contributed by atoms with Crippen LogP contribution in [-0.4, -0.2) is 11.8 Å². The molecule has 3 nitrogen and oxygen atoms in total. The topological polar surface area (TPSA) is 37.4 Å². The fourth-order valence-electron chi connectivity index (χ4n) is 2.20. The molecule has 0 atom stereocenters. The van der Waals surface area contributed by atoms with E-state index in [1.807, 2.05) is 0 Å². The second-order valence-electron chi connectivity index (χ2n) is 4.40. The minimum absolute atomic E-state index is 0.0428. The van der Waals surface area contributed by atoms with Gasteiger partial charge in [-0.25, -0.2) is 22.5 Å². The van der Waals surface area contributed by atoms with Crippen LogP contribution in [0.3, 0.4) is 0 Å². The number of anilines is 1. The Morgan fingerprint density at radius 1 is 0.773 bits per heavy atom. The largest absolute Gasteiger partial charge is 0.269 e. The van der Waals surface area contributed by atoms with Crippen molar-refractivity contribution in [1.82, 2.24) is 0 Å². The fourth-order valence-corrected chi connectivity index (χ4v) is 2.42. The van der Waals surface area contributed by atoms with Crippen molar-refractivity contribution in [3.63, 3.8) is 0 Å². The maximum absolute atomic E-state index is 13.7. The summed E-state index contributed by atoms with van der Waals surface area (Å²) in [6.45, 7) is 0. The zero-order chi connectivity index (χ0) is 16.2. The second kappa shape index (κ2) is 4.81. The van der Waals surface area contributed by atoms with Crippen molar-refractivity contribution in [3.05, 3.63) is 63.7 Å². The molecule has 112 valence electrons. The van der Waals surface area contributed by atoms with E-state index in [0.717, 1.165) is 0 Å². The van der Waals surface area contributed by atoms with E-state index in [-0.39, 0.29) is 10.7 Å². The number of carbonyl (C=O) groups excluding carboxylic acids is 2. The molecule has 2 aromatic rings. The normalized spacial score (nSPS) is 13.8. The second-order valence-corrected chi connectivity index (χ2v) is 4.81. The van der Waals surface area contributed by atoms with Crippen molar-refractivity contribution in [2.75, 3.05) is 4.90 Å². The summed E-state index contributed by atoms with van der Waals surface area (Å²) in [6.07, 6.45) is 0. The fraction of sp³-hybridized carbons (Fsp3) is 0. The lowest BCUT2D eigenvalue weighted by Crippen LogP contribution is -2.29. The minimum Gasteiger partial charge on any atom is -0.268 e. The first-order valence-electron chi connectivity index (χ1n) is 5.85. The van der Waals surface area contributed by atoms with Crippen LogP contribution in [0.1, 0.15) is 20.7 Å². The van der Waals surface area contributed by atoms with Gasteiger partial charge in [0.1, 0.15) is 0 Å². The molecule has 2 amide bonds. The first-order valence-corrected chi connectivity index (χ1v) is 6.23. The van der Waals surface area contributed by atoms with Gasteiger partial charge in [0.05, 0.1) is 21.8 Å². The lowest BCUT2D eigenvalue weighted by atomic mass is 10.1. The van der Waals surface area contributed by atoms with E-state index in [9.17, 15) is 27.2 Å². The Kier molecular flexibility index (Phi) is 3.17. The summed E-state index contributed by atoms with van der Waals surface area (Å²) in [6, 6.07) is 5.53. The van der Waals surface area contributed by atoms with Gasteiger partial charge < -0.3 is 0 Å². The van der Waals surface area contributed by atoms with Gasteiger partial charge in [0.2, 0.25) is 0 Å². The highest BCUT2D eigenvalue weighted by molar-refractivity contribution is 6.39. The molecule has 0 saturated carbocycles. The lowest BCUT2D eigenvalue weighted by molar-refractivity contribution is 0.0924. The van der Waals surface area contributed by atoms with Crippen LogP contribution in [0.25, 0.3) is 0 Å². The highest BCUT2D eigenvalue weighted by Crippen LogP contribution is 2.36. The molecule has 3 rings (SSSR count). The Balaban J connectivity index is 2.29. The van der Waals surface area contributed by atoms with E-state index >= 15 is 0 Å². The van der Waals surface area contributed by atoms with E-state index < -0.39 is 46.2 Å². The molecule has 0 fully saturated rings. The van der Waals surface area contributed by atoms with Crippen LogP contribution < -0.4 is 4.90 Å². The standard InChI is InChI=1S/C14H4ClF4NO2/c15-5-3-1-2-4-6(5)20-13(21)7-8(14(20)22)10(17)12(19)11(18)9(7)16/h1-4H. The van der Waals surface area contributed by atoms with Crippen LogP contribution >= 0.6 is 11.6 Å². The van der Waals surface area contributed by atoms with Crippen molar-refractivity contribution in [2.45, 2.75) is 0 Å². The molecule has 0 aliphatic carbocycles. The van der Waals surface area contributed by atoms with Gasteiger partial charge in [-0.1, -0.05) is 23.7 Å². The van der Waals surface area contributed by atoms with Crippen LogP contribution in [0.2, 0.25) is 5.02 Å². The summed E-state index contributed by atoms with van der Waals surface area (Å²) in [5.74, 6) is -10.8. The average Bonchev–Trinajstić information content (AvgIpc) is 2.75. The number of rotatable bonds is 1. The first-order chi connectivity index (χ1) is 10.4. The van der Waals surface area contributed by atoms with Gasteiger partial charge in [-0.05, 0) is 12.1 Å². The van der Waals surface area contributed by atoms with Gasteiger partial charge in [0, 0.05) is 0 Å². The maximum atomic E-state index is 13.7. The summed E-state index contributed by atoms with van der Waals surface area (Å²) in [7, 11) is 0. The van der Waals surface area contributed by atoms with Gasteiger partial charge >= 0.3 is 0 Å². The molecule has 0 bridgehead atoms. The number of imide groups is 1. The molecule has 22 heavy (non-hydrogen) atoms. The minimum atomic E-state index is -2.15. The number of para-hydroxylation sites is 1. The molecule has 0 unspecified atom stereocenters. The average molecular weight is 330 g/mol. The molecule has 8 heteroatoms. The maximum Gasteiger partial charge on any atom is 0.269 e. The zero-order valence-electron chi connectivity index (χ0n) is 10.5. The molecule has 1 aliphatic rings. The van der Waals surface area contributed by atoms with E-state index in [2.05, 4.69) is 0 Å². The van der Waals surface area contributed by atoms with Crippen LogP contribution in [0, 0.1) is 23.3 Å². The third-order valence-corrected chi connectivity index (χ3v) is 3.51. The lowest BCUT2D eigenvalue weighted by Gasteiger charge is -2.15. The predicted molar refractivity (Wildman–Crippen MR) is 68.9 cm³/mol. The van der Waals surface area contributed by atoms with Crippen molar-refractivity contribution in [3.8, 4) is 0 Å². The molecule has 1 heterocycles. The molecule has 0 saturated heterocycles. The Morgan fingerprint density at radius 2 is 1.23 bits per heavy atom. The van der Waals surface area contributed by atoms with Crippen molar-refractivity contribution in [2.24, 2.45) is 0 Å².